The van der Waals surface area contributed by atoms with Crippen LogP contribution in [-0.4, -0.2) is 55.0 Å². The van der Waals surface area contributed by atoms with Crippen molar-refractivity contribution in [2.45, 2.75) is 45.2 Å². The van der Waals surface area contributed by atoms with Crippen LogP contribution in [0.1, 0.15) is 38.2 Å². The standard InChI is InChI=1S/C18H29N3OS/c1-3-7-21-14-18(5-8-20(2)9-6-18)11-16(21)17(22)19-12-15-4-10-23-13-15/h4,10,13,16H,3,5-9,11-12,14H2,1-2H3,(H,19,22)/t16-/m0/s1. The number of piperidine rings is 1. The molecule has 5 heteroatoms. The summed E-state index contributed by atoms with van der Waals surface area (Å²) >= 11 is 1.68. The first kappa shape index (κ1) is 16.9. The van der Waals surface area contributed by atoms with E-state index in [1.807, 2.05) is 0 Å². The van der Waals surface area contributed by atoms with Crippen LogP contribution in [0.15, 0.2) is 16.8 Å². The van der Waals surface area contributed by atoms with Gasteiger partial charge in [0, 0.05) is 13.1 Å². The second-order valence-corrected chi connectivity index (χ2v) is 8.12. The molecule has 2 aliphatic rings. The predicted octanol–water partition coefficient (Wildman–Crippen LogP) is 2.56. The Morgan fingerprint density at radius 2 is 2.22 bits per heavy atom. The van der Waals surface area contributed by atoms with Crippen molar-refractivity contribution in [1.82, 2.24) is 15.1 Å². The zero-order valence-corrected chi connectivity index (χ0v) is 15.2. The molecule has 3 rings (SSSR count). The molecule has 2 aliphatic heterocycles. The molecule has 0 radical (unpaired) electrons. The van der Waals surface area contributed by atoms with Gasteiger partial charge in [0.15, 0.2) is 0 Å². The maximum absolute atomic E-state index is 12.8. The van der Waals surface area contributed by atoms with Gasteiger partial charge in [0.1, 0.15) is 0 Å². The van der Waals surface area contributed by atoms with Gasteiger partial charge in [-0.15, -0.1) is 0 Å². The second-order valence-electron chi connectivity index (χ2n) is 7.34. The molecule has 1 aromatic rings. The van der Waals surface area contributed by atoms with Gasteiger partial charge in [0.05, 0.1) is 6.04 Å². The van der Waals surface area contributed by atoms with E-state index in [9.17, 15) is 4.79 Å². The number of nitrogens with one attached hydrogen (secondary N) is 1. The predicted molar refractivity (Wildman–Crippen MR) is 95.6 cm³/mol. The van der Waals surface area contributed by atoms with E-state index >= 15 is 0 Å². The van der Waals surface area contributed by atoms with Crippen molar-refractivity contribution < 1.29 is 4.79 Å². The van der Waals surface area contributed by atoms with Crippen molar-refractivity contribution in [2.24, 2.45) is 5.41 Å². The fraction of sp³-hybridized carbons (Fsp3) is 0.722. The Labute approximate surface area is 143 Å². The van der Waals surface area contributed by atoms with Crippen LogP contribution in [0.2, 0.25) is 0 Å². The molecule has 1 amide bonds. The van der Waals surface area contributed by atoms with Gasteiger partial charge in [0.2, 0.25) is 5.91 Å². The molecule has 1 spiro atoms. The van der Waals surface area contributed by atoms with E-state index in [1.165, 1.54) is 31.5 Å². The van der Waals surface area contributed by atoms with Gasteiger partial charge in [0.25, 0.3) is 0 Å². The quantitative estimate of drug-likeness (QED) is 0.898. The van der Waals surface area contributed by atoms with E-state index in [-0.39, 0.29) is 11.9 Å². The zero-order valence-electron chi connectivity index (χ0n) is 14.4. The summed E-state index contributed by atoms with van der Waals surface area (Å²) in [5.74, 6) is 0.223. The number of thiophene rings is 1. The summed E-state index contributed by atoms with van der Waals surface area (Å²) in [5.41, 5.74) is 1.57. The van der Waals surface area contributed by atoms with Crippen LogP contribution in [0.25, 0.3) is 0 Å². The Hall–Kier alpha value is -0.910. The Balaban J connectivity index is 1.62. The minimum absolute atomic E-state index is 0.0667. The summed E-state index contributed by atoms with van der Waals surface area (Å²) in [6.07, 6.45) is 4.62. The average Bonchev–Trinajstić information content (AvgIpc) is 3.17. The first-order valence-corrected chi connectivity index (χ1v) is 9.77. The van der Waals surface area contributed by atoms with Gasteiger partial charge in [-0.1, -0.05) is 6.92 Å². The summed E-state index contributed by atoms with van der Waals surface area (Å²) in [6.45, 7) is 7.35. The molecule has 1 N–H and O–H groups in total. The Kier molecular flexibility index (Phi) is 5.39. The minimum atomic E-state index is 0.0667. The van der Waals surface area contributed by atoms with Crippen LogP contribution in [0.4, 0.5) is 0 Å². The van der Waals surface area contributed by atoms with Crippen LogP contribution in [-0.2, 0) is 11.3 Å². The topological polar surface area (TPSA) is 35.6 Å². The van der Waals surface area contributed by atoms with Crippen molar-refractivity contribution in [3.63, 3.8) is 0 Å². The molecule has 2 fully saturated rings. The number of carbonyl (C=O) groups excluding carboxylic acids is 1. The van der Waals surface area contributed by atoms with Gasteiger partial charge < -0.3 is 10.2 Å². The Morgan fingerprint density at radius 3 is 2.87 bits per heavy atom. The van der Waals surface area contributed by atoms with E-state index in [0.29, 0.717) is 12.0 Å². The highest BCUT2D eigenvalue weighted by Crippen LogP contribution is 2.43. The Morgan fingerprint density at radius 1 is 1.43 bits per heavy atom. The number of amides is 1. The van der Waals surface area contributed by atoms with Gasteiger partial charge in [-0.3, -0.25) is 9.69 Å². The molecular formula is C18H29N3OS. The lowest BCUT2D eigenvalue weighted by molar-refractivity contribution is -0.125. The lowest BCUT2D eigenvalue weighted by atomic mass is 9.76. The van der Waals surface area contributed by atoms with Gasteiger partial charge in [-0.2, -0.15) is 11.3 Å². The van der Waals surface area contributed by atoms with Crippen LogP contribution in [0, 0.1) is 5.41 Å². The monoisotopic (exact) mass is 335 g/mol. The molecule has 0 aromatic carbocycles. The third kappa shape index (κ3) is 3.95. The first-order valence-electron chi connectivity index (χ1n) is 8.83. The third-order valence-corrected chi connectivity index (χ3v) is 6.25. The molecule has 128 valence electrons. The average molecular weight is 336 g/mol. The largest absolute Gasteiger partial charge is 0.351 e. The fourth-order valence-corrected chi connectivity index (χ4v) is 4.75. The number of nitrogens with zero attached hydrogens (tertiary/aromatic N) is 2. The number of hydrogen-bond donors (Lipinski definition) is 1. The smallest absolute Gasteiger partial charge is 0.237 e. The number of rotatable bonds is 5. The summed E-state index contributed by atoms with van der Waals surface area (Å²) in [4.78, 5) is 17.6. The summed E-state index contributed by atoms with van der Waals surface area (Å²) < 4.78 is 0. The Bertz CT molecular complexity index is 508. The van der Waals surface area contributed by atoms with E-state index in [1.54, 1.807) is 11.3 Å². The van der Waals surface area contributed by atoms with E-state index in [0.717, 1.165) is 25.9 Å². The van der Waals surface area contributed by atoms with Gasteiger partial charge >= 0.3 is 0 Å². The molecular weight excluding hydrogens is 306 g/mol. The molecule has 3 heterocycles. The van der Waals surface area contributed by atoms with E-state index < -0.39 is 0 Å². The van der Waals surface area contributed by atoms with Crippen LogP contribution >= 0.6 is 11.3 Å². The maximum Gasteiger partial charge on any atom is 0.237 e. The van der Waals surface area contributed by atoms with E-state index in [4.69, 9.17) is 0 Å². The highest BCUT2D eigenvalue weighted by molar-refractivity contribution is 7.07. The number of hydrogen-bond acceptors (Lipinski definition) is 4. The van der Waals surface area contributed by atoms with Crippen LogP contribution < -0.4 is 5.32 Å². The molecule has 0 bridgehead atoms. The van der Waals surface area contributed by atoms with Gasteiger partial charge in [-0.05, 0) is 80.2 Å². The molecule has 0 unspecified atom stereocenters. The van der Waals surface area contributed by atoms with Crippen molar-refractivity contribution in [3.8, 4) is 0 Å². The number of likely N-dealkylation sites (tertiary alicyclic amines) is 2. The first-order chi connectivity index (χ1) is 11.1. The molecule has 1 aromatic heterocycles. The van der Waals surface area contributed by atoms with Crippen molar-refractivity contribution >= 4 is 17.2 Å². The molecule has 4 nitrogen and oxygen atoms in total. The molecule has 0 aliphatic carbocycles. The molecule has 1 atom stereocenters. The SMILES string of the molecule is CCCN1CC2(CCN(C)CC2)C[C@H]1C(=O)NCc1ccsc1. The summed E-state index contributed by atoms with van der Waals surface area (Å²) in [6, 6.07) is 2.15. The molecule has 2 saturated heterocycles. The minimum Gasteiger partial charge on any atom is -0.351 e. The molecule has 23 heavy (non-hydrogen) atoms. The zero-order chi connectivity index (χ0) is 16.3. The second kappa shape index (κ2) is 7.32. The number of carbonyl (C=O) groups is 1. The summed E-state index contributed by atoms with van der Waals surface area (Å²) in [5, 5.41) is 7.33. The highest BCUT2D eigenvalue weighted by atomic mass is 32.1. The lowest BCUT2D eigenvalue weighted by Gasteiger charge is -2.37. The van der Waals surface area contributed by atoms with Crippen molar-refractivity contribution in [1.29, 1.82) is 0 Å². The lowest BCUT2D eigenvalue weighted by Crippen LogP contribution is -2.43. The van der Waals surface area contributed by atoms with Crippen molar-refractivity contribution in [2.75, 3.05) is 33.2 Å². The van der Waals surface area contributed by atoms with Crippen LogP contribution in [0.3, 0.4) is 0 Å². The van der Waals surface area contributed by atoms with Gasteiger partial charge in [-0.25, -0.2) is 0 Å². The maximum atomic E-state index is 12.8. The van der Waals surface area contributed by atoms with E-state index in [2.05, 4.69) is 45.9 Å². The molecule has 0 saturated carbocycles. The van der Waals surface area contributed by atoms with Crippen molar-refractivity contribution in [3.05, 3.63) is 22.4 Å². The highest BCUT2D eigenvalue weighted by Gasteiger charge is 2.47. The fourth-order valence-electron chi connectivity index (χ4n) is 4.08. The third-order valence-electron chi connectivity index (χ3n) is 5.51. The van der Waals surface area contributed by atoms with Crippen LogP contribution in [0.5, 0.6) is 0 Å². The normalized spacial score (nSPS) is 25.0. The summed E-state index contributed by atoms with van der Waals surface area (Å²) in [7, 11) is 2.21.